The maximum atomic E-state index is 3.59. The molecule has 2 aliphatic carbocycles. The summed E-state index contributed by atoms with van der Waals surface area (Å²) in [7, 11) is 0. The van der Waals surface area contributed by atoms with Gasteiger partial charge in [0, 0.05) is 36.3 Å². The molecular formula is C27H50N4. The normalized spacial score (nSPS) is 45.7. The summed E-state index contributed by atoms with van der Waals surface area (Å²) >= 11 is 0. The van der Waals surface area contributed by atoms with Gasteiger partial charge in [0.05, 0.1) is 0 Å². The van der Waals surface area contributed by atoms with Crippen LogP contribution in [0.5, 0.6) is 0 Å². The minimum absolute atomic E-state index is 0.903. The molecule has 4 heteroatoms. The molecule has 9 fully saturated rings. The van der Waals surface area contributed by atoms with Gasteiger partial charge < -0.3 is 21.3 Å². The molecular weight excluding hydrogens is 380 g/mol. The Morgan fingerprint density at radius 1 is 0.355 bits per heavy atom. The first-order valence-electron chi connectivity index (χ1n) is 14.3. The maximum Gasteiger partial charge on any atom is 0.00708 e. The van der Waals surface area contributed by atoms with Crippen LogP contribution in [-0.2, 0) is 0 Å². The van der Waals surface area contributed by atoms with Gasteiger partial charge in [0.1, 0.15) is 0 Å². The average Bonchev–Trinajstić information content (AvgIpc) is 3.64. The molecule has 31 heavy (non-hydrogen) atoms. The van der Waals surface area contributed by atoms with Crippen molar-refractivity contribution >= 4 is 0 Å². The molecule has 4 N–H and O–H groups in total. The van der Waals surface area contributed by atoms with Gasteiger partial charge in [-0.05, 0) is 121 Å². The van der Waals surface area contributed by atoms with E-state index < -0.39 is 0 Å². The van der Waals surface area contributed by atoms with Gasteiger partial charge in [-0.15, -0.1) is 0 Å². The number of rotatable bonds is 0. The predicted octanol–water partition coefficient (Wildman–Crippen LogP) is 4.49. The van der Waals surface area contributed by atoms with Crippen LogP contribution in [0.1, 0.15) is 109 Å². The highest BCUT2D eigenvalue weighted by Gasteiger charge is 2.30. The largest absolute Gasteiger partial charge is 0.314 e. The molecule has 4 unspecified atom stereocenters. The maximum absolute atomic E-state index is 3.59. The lowest BCUT2D eigenvalue weighted by molar-refractivity contribution is 0.213. The van der Waals surface area contributed by atoms with Crippen LogP contribution in [0.15, 0.2) is 0 Å². The number of hydrogen-bond donors (Lipinski definition) is 4. The Morgan fingerprint density at radius 2 is 0.806 bits per heavy atom. The Morgan fingerprint density at radius 3 is 1.16 bits per heavy atom. The molecule has 7 heterocycles. The van der Waals surface area contributed by atoms with E-state index >= 15 is 0 Å². The second kappa shape index (κ2) is 11.3. The summed E-state index contributed by atoms with van der Waals surface area (Å²) in [5.41, 5.74) is 0. The van der Waals surface area contributed by atoms with Crippen LogP contribution in [0.4, 0.5) is 0 Å². The van der Waals surface area contributed by atoms with Gasteiger partial charge in [-0.3, -0.25) is 0 Å². The van der Waals surface area contributed by atoms with Gasteiger partial charge in [0.2, 0.25) is 0 Å². The van der Waals surface area contributed by atoms with Crippen LogP contribution in [0, 0.1) is 11.8 Å². The van der Waals surface area contributed by atoms with Crippen LogP contribution < -0.4 is 21.3 Å². The molecule has 9 aliphatic rings. The first-order chi connectivity index (χ1) is 15.3. The lowest BCUT2D eigenvalue weighted by Crippen LogP contribution is -2.44. The summed E-state index contributed by atoms with van der Waals surface area (Å²) in [6.45, 7) is 2.62. The van der Waals surface area contributed by atoms with Crippen molar-refractivity contribution in [2.75, 3.05) is 13.1 Å². The predicted molar refractivity (Wildman–Crippen MR) is 130 cm³/mol. The molecule has 2 saturated carbocycles. The zero-order valence-electron chi connectivity index (χ0n) is 20.1. The quantitative estimate of drug-likeness (QED) is 0.457. The molecule has 0 aromatic carbocycles. The number of hydrogen-bond acceptors (Lipinski definition) is 4. The third-order valence-electron chi connectivity index (χ3n) is 9.66. The first kappa shape index (κ1) is 22.6. The highest BCUT2D eigenvalue weighted by molar-refractivity contribution is 4.91. The number of piperidine rings is 3. The van der Waals surface area contributed by atoms with Gasteiger partial charge in [0.25, 0.3) is 0 Å². The Hall–Kier alpha value is -0.160. The molecule has 7 aliphatic heterocycles. The van der Waals surface area contributed by atoms with Crippen molar-refractivity contribution in [3.8, 4) is 0 Å². The van der Waals surface area contributed by atoms with E-state index in [4.69, 9.17) is 0 Å². The van der Waals surface area contributed by atoms with Gasteiger partial charge >= 0.3 is 0 Å². The van der Waals surface area contributed by atoms with Gasteiger partial charge in [-0.2, -0.15) is 0 Å². The van der Waals surface area contributed by atoms with Crippen LogP contribution in [0.25, 0.3) is 0 Å². The molecule has 8 bridgehead atoms. The fourth-order valence-electron chi connectivity index (χ4n) is 7.63. The van der Waals surface area contributed by atoms with Gasteiger partial charge in [-0.25, -0.2) is 0 Å². The molecule has 9 rings (SSSR count). The minimum Gasteiger partial charge on any atom is -0.314 e. The van der Waals surface area contributed by atoms with Crippen molar-refractivity contribution < 1.29 is 0 Å². The zero-order valence-corrected chi connectivity index (χ0v) is 20.1. The molecule has 4 atom stereocenters. The van der Waals surface area contributed by atoms with E-state index in [9.17, 15) is 0 Å². The van der Waals surface area contributed by atoms with Crippen LogP contribution in [0.2, 0.25) is 0 Å². The topological polar surface area (TPSA) is 48.1 Å². The number of nitrogens with one attached hydrogen (secondary N) is 4. The third-order valence-corrected chi connectivity index (χ3v) is 9.66. The van der Waals surface area contributed by atoms with Gasteiger partial charge in [0.15, 0.2) is 0 Å². The Bertz CT molecular complexity index is 419. The van der Waals surface area contributed by atoms with Crippen molar-refractivity contribution in [3.05, 3.63) is 0 Å². The second-order valence-corrected chi connectivity index (χ2v) is 12.0. The van der Waals surface area contributed by atoms with Crippen molar-refractivity contribution in [1.29, 1.82) is 0 Å². The van der Waals surface area contributed by atoms with E-state index in [1.54, 1.807) is 0 Å². The number of fused-ring (bicyclic) bond motifs is 9. The van der Waals surface area contributed by atoms with Crippen LogP contribution in [0.3, 0.4) is 0 Å². The molecule has 4 nitrogen and oxygen atoms in total. The highest BCUT2D eigenvalue weighted by Crippen LogP contribution is 2.29. The molecule has 7 saturated heterocycles. The monoisotopic (exact) mass is 430 g/mol. The van der Waals surface area contributed by atoms with E-state index in [1.807, 2.05) is 0 Å². The summed E-state index contributed by atoms with van der Waals surface area (Å²) < 4.78 is 0. The SMILES string of the molecule is C1CC2CCC(C1)N2.C1CC2CCC1CN2.C1CC2CCC1N2.C1CC2CNC(C1)C2. The van der Waals surface area contributed by atoms with E-state index in [-0.39, 0.29) is 0 Å². The summed E-state index contributed by atoms with van der Waals surface area (Å²) in [5, 5.41) is 14.2. The molecule has 0 aromatic heterocycles. The van der Waals surface area contributed by atoms with Crippen molar-refractivity contribution in [2.24, 2.45) is 11.8 Å². The molecule has 0 aromatic rings. The van der Waals surface area contributed by atoms with Crippen molar-refractivity contribution in [1.82, 2.24) is 21.3 Å². The second-order valence-electron chi connectivity index (χ2n) is 12.0. The zero-order chi connectivity index (χ0) is 20.9. The molecule has 0 radical (unpaired) electrons. The minimum atomic E-state index is 0.903. The lowest BCUT2D eigenvalue weighted by Gasteiger charge is -2.36. The van der Waals surface area contributed by atoms with E-state index in [1.165, 1.54) is 122 Å². The van der Waals surface area contributed by atoms with E-state index in [2.05, 4.69) is 21.3 Å². The van der Waals surface area contributed by atoms with Gasteiger partial charge in [-0.1, -0.05) is 12.8 Å². The summed E-state index contributed by atoms with van der Waals surface area (Å²) in [4.78, 5) is 0. The highest BCUT2D eigenvalue weighted by atomic mass is 15.0. The van der Waals surface area contributed by atoms with Crippen LogP contribution in [-0.4, -0.2) is 49.3 Å². The fraction of sp³-hybridized carbons (Fsp3) is 1.00. The lowest BCUT2D eigenvalue weighted by atomic mass is 9.82. The molecule has 178 valence electrons. The average molecular weight is 431 g/mol. The van der Waals surface area contributed by atoms with E-state index in [0.717, 1.165) is 48.1 Å². The van der Waals surface area contributed by atoms with Crippen molar-refractivity contribution in [2.45, 2.75) is 145 Å². The Kier molecular flexibility index (Phi) is 8.26. The standard InChI is InChI=1S/3C7H13N.C6H11N/c1-3-7-4-2-6(1)5-8-7;1-2-6-4-7(3-1)8-5-6;1-2-6-4-5-7(3-1)8-6;1-2-6-4-3-5(1)7-6/h3*6-8H,1-5H2;5-7H,1-4H2. The summed E-state index contributed by atoms with van der Waals surface area (Å²) in [6.07, 6.45) is 24.8. The van der Waals surface area contributed by atoms with Crippen molar-refractivity contribution in [3.63, 3.8) is 0 Å². The van der Waals surface area contributed by atoms with E-state index in [0.29, 0.717) is 0 Å². The third kappa shape index (κ3) is 6.68. The Labute approximate surface area is 191 Å². The summed E-state index contributed by atoms with van der Waals surface area (Å²) in [5.74, 6) is 2.09. The first-order valence-corrected chi connectivity index (χ1v) is 14.3. The molecule has 0 spiro atoms. The Balaban J connectivity index is 0.0000000879. The smallest absolute Gasteiger partial charge is 0.00708 e. The fourth-order valence-corrected chi connectivity index (χ4v) is 7.63. The summed E-state index contributed by atoms with van der Waals surface area (Å²) in [6, 6.07) is 5.48. The molecule has 0 amide bonds. The van der Waals surface area contributed by atoms with Crippen LogP contribution >= 0.6 is 0 Å².